The molecule has 0 bridgehead atoms. The molecule has 0 fully saturated rings. The monoisotopic (exact) mass is 426 g/mol. The van der Waals surface area contributed by atoms with Crippen molar-refractivity contribution in [2.45, 2.75) is 31.1 Å². The molecular formula is C12H13F5NO8S-. The maximum atomic E-state index is 13.4. The van der Waals surface area contributed by atoms with Crippen molar-refractivity contribution in [3.8, 4) is 0 Å². The Bertz CT molecular complexity index is 733. The molecule has 1 amide bonds. The summed E-state index contributed by atoms with van der Waals surface area (Å²) in [6.45, 7) is 0.785. The Morgan fingerprint density at radius 3 is 1.93 bits per heavy atom. The Hall–Kier alpha value is -2.13. The minimum Gasteiger partial charge on any atom is -0.743 e. The van der Waals surface area contributed by atoms with Gasteiger partial charge in [-0.25, -0.2) is 13.2 Å². The van der Waals surface area contributed by atoms with E-state index in [2.05, 4.69) is 16.1 Å². The number of esters is 1. The van der Waals surface area contributed by atoms with Gasteiger partial charge in [-0.05, 0) is 13.8 Å². The standard InChI is InChI=1S/C12H14F5NO8S/c1-6(2)8(20)26-11(12(15,16)17,9(21)18-4-7(3)19)25-5-10(13,14)27(22,23)24/h1,4-5H2,2-3H3,(H,18,21)(H,22,23,24)/p-1. The van der Waals surface area contributed by atoms with Crippen LogP contribution in [0.15, 0.2) is 12.2 Å². The maximum Gasteiger partial charge on any atom is 0.466 e. The van der Waals surface area contributed by atoms with Crippen molar-refractivity contribution in [2.24, 2.45) is 0 Å². The number of Topliss-reactive ketones (excluding diaryl/α,β-unsaturated/α-hetero) is 1. The lowest BCUT2D eigenvalue weighted by Crippen LogP contribution is -2.63. The number of amides is 1. The van der Waals surface area contributed by atoms with Crippen molar-refractivity contribution in [1.29, 1.82) is 0 Å². The number of ketones is 1. The van der Waals surface area contributed by atoms with Gasteiger partial charge in [0.15, 0.2) is 10.1 Å². The summed E-state index contributed by atoms with van der Waals surface area (Å²) in [4.78, 5) is 34.1. The van der Waals surface area contributed by atoms with Crippen LogP contribution in [0.25, 0.3) is 0 Å². The van der Waals surface area contributed by atoms with Gasteiger partial charge in [0, 0.05) is 5.57 Å². The lowest BCUT2D eigenvalue weighted by atomic mass is 10.2. The van der Waals surface area contributed by atoms with Crippen LogP contribution in [0.1, 0.15) is 13.8 Å². The molecule has 0 saturated heterocycles. The predicted octanol–water partition coefficient (Wildman–Crippen LogP) is 0.224. The van der Waals surface area contributed by atoms with E-state index in [1.54, 1.807) is 0 Å². The van der Waals surface area contributed by atoms with Gasteiger partial charge < -0.3 is 19.3 Å². The van der Waals surface area contributed by atoms with E-state index in [4.69, 9.17) is 0 Å². The molecule has 0 heterocycles. The highest BCUT2D eigenvalue weighted by Crippen LogP contribution is 2.37. The van der Waals surface area contributed by atoms with Crippen LogP contribution in [0.3, 0.4) is 0 Å². The molecule has 0 rings (SSSR count). The zero-order chi connectivity index (χ0) is 21.8. The van der Waals surface area contributed by atoms with Crippen molar-refractivity contribution in [3.05, 3.63) is 12.2 Å². The van der Waals surface area contributed by atoms with Crippen LogP contribution in [0.2, 0.25) is 0 Å². The minimum absolute atomic E-state index is 0.713. The molecule has 9 nitrogen and oxygen atoms in total. The van der Waals surface area contributed by atoms with E-state index in [1.165, 1.54) is 5.32 Å². The molecule has 156 valence electrons. The second kappa shape index (κ2) is 8.26. The highest BCUT2D eigenvalue weighted by Gasteiger charge is 2.67. The number of carbonyl (C=O) groups is 3. The topological polar surface area (TPSA) is 139 Å². The first-order valence-electron chi connectivity index (χ1n) is 6.58. The van der Waals surface area contributed by atoms with Crippen LogP contribution >= 0.6 is 0 Å². The third-order valence-electron chi connectivity index (χ3n) is 2.56. The average molecular weight is 426 g/mol. The smallest absolute Gasteiger partial charge is 0.466 e. The van der Waals surface area contributed by atoms with Gasteiger partial charge in [-0.15, -0.1) is 0 Å². The number of carbonyl (C=O) groups excluding carboxylic acids is 3. The zero-order valence-corrected chi connectivity index (χ0v) is 14.5. The van der Waals surface area contributed by atoms with Crippen molar-refractivity contribution in [2.75, 3.05) is 13.2 Å². The highest BCUT2D eigenvalue weighted by molar-refractivity contribution is 7.86. The van der Waals surface area contributed by atoms with E-state index < -0.39 is 63.7 Å². The van der Waals surface area contributed by atoms with Crippen molar-refractivity contribution in [3.63, 3.8) is 0 Å². The molecule has 0 aliphatic rings. The number of ether oxygens (including phenoxy) is 2. The third-order valence-corrected chi connectivity index (χ3v) is 3.41. The number of rotatable bonds is 9. The summed E-state index contributed by atoms with van der Waals surface area (Å²) >= 11 is 0. The summed E-state index contributed by atoms with van der Waals surface area (Å²) in [6.07, 6.45) is -6.03. The van der Waals surface area contributed by atoms with Gasteiger partial charge in [0.05, 0.1) is 6.54 Å². The normalized spacial score (nSPS) is 14.8. The number of halogens is 5. The lowest BCUT2D eigenvalue weighted by Gasteiger charge is -2.34. The Morgan fingerprint density at radius 2 is 1.59 bits per heavy atom. The van der Waals surface area contributed by atoms with Crippen molar-refractivity contribution < 1.29 is 58.8 Å². The van der Waals surface area contributed by atoms with Crippen LogP contribution in [0.5, 0.6) is 0 Å². The molecule has 0 saturated carbocycles. The zero-order valence-electron chi connectivity index (χ0n) is 13.7. The largest absolute Gasteiger partial charge is 0.743 e. The molecule has 0 spiro atoms. The van der Waals surface area contributed by atoms with E-state index in [9.17, 15) is 49.3 Å². The second-order valence-corrected chi connectivity index (χ2v) is 6.55. The Kier molecular flexibility index (Phi) is 7.61. The van der Waals surface area contributed by atoms with Gasteiger partial charge in [-0.3, -0.25) is 9.59 Å². The fourth-order valence-electron chi connectivity index (χ4n) is 1.21. The van der Waals surface area contributed by atoms with Crippen molar-refractivity contribution >= 4 is 27.8 Å². The quantitative estimate of drug-likeness (QED) is 0.182. The van der Waals surface area contributed by atoms with E-state index >= 15 is 0 Å². The molecule has 1 atom stereocenters. The van der Waals surface area contributed by atoms with Crippen LogP contribution < -0.4 is 5.32 Å². The lowest BCUT2D eigenvalue weighted by molar-refractivity contribution is -0.352. The molecular weight excluding hydrogens is 413 g/mol. The molecule has 0 aliphatic carbocycles. The number of alkyl halides is 5. The Morgan fingerprint density at radius 1 is 1.11 bits per heavy atom. The third kappa shape index (κ3) is 6.21. The van der Waals surface area contributed by atoms with E-state index in [0.29, 0.717) is 0 Å². The van der Waals surface area contributed by atoms with Crippen LogP contribution in [0, 0.1) is 0 Å². The average Bonchev–Trinajstić information content (AvgIpc) is 2.46. The number of nitrogens with one attached hydrogen (secondary N) is 1. The fourth-order valence-corrected chi connectivity index (χ4v) is 1.41. The van der Waals surface area contributed by atoms with Crippen LogP contribution in [-0.4, -0.2) is 61.0 Å². The molecule has 1 N–H and O–H groups in total. The molecule has 15 heteroatoms. The fraction of sp³-hybridized carbons (Fsp3) is 0.583. The first kappa shape index (κ1) is 24.9. The number of hydrogen-bond acceptors (Lipinski definition) is 8. The predicted molar refractivity (Wildman–Crippen MR) is 74.0 cm³/mol. The van der Waals surface area contributed by atoms with E-state index in [0.717, 1.165) is 13.8 Å². The van der Waals surface area contributed by atoms with Gasteiger partial charge in [0.25, 0.3) is 0 Å². The van der Waals surface area contributed by atoms with Gasteiger partial charge in [0.1, 0.15) is 12.4 Å². The molecule has 0 aromatic rings. The Labute approximate surface area is 149 Å². The first-order chi connectivity index (χ1) is 11.9. The maximum absolute atomic E-state index is 13.4. The van der Waals surface area contributed by atoms with Gasteiger partial charge in [-0.1, -0.05) is 6.58 Å². The summed E-state index contributed by atoms with van der Waals surface area (Å²) in [5, 5.41) is -4.07. The van der Waals surface area contributed by atoms with E-state index in [1.807, 2.05) is 0 Å². The first-order valence-corrected chi connectivity index (χ1v) is 7.98. The molecule has 27 heavy (non-hydrogen) atoms. The summed E-state index contributed by atoms with van der Waals surface area (Å²) in [5.74, 6) is -10.00. The minimum atomic E-state index is -6.49. The molecule has 0 aromatic carbocycles. The number of hydrogen-bond donors (Lipinski definition) is 1. The summed E-state index contributed by atoms with van der Waals surface area (Å²) in [5.41, 5.74) is -0.713. The van der Waals surface area contributed by atoms with Crippen molar-refractivity contribution in [1.82, 2.24) is 5.32 Å². The summed E-state index contributed by atoms with van der Waals surface area (Å²) in [7, 11) is -6.49. The van der Waals surface area contributed by atoms with E-state index in [-0.39, 0.29) is 0 Å². The highest BCUT2D eigenvalue weighted by atomic mass is 32.2. The van der Waals surface area contributed by atoms with Gasteiger partial charge >= 0.3 is 29.1 Å². The molecule has 0 aromatic heterocycles. The van der Waals surface area contributed by atoms with Crippen LogP contribution in [-0.2, 0) is 34.0 Å². The molecule has 1 unspecified atom stereocenters. The van der Waals surface area contributed by atoms with Gasteiger partial charge in [-0.2, -0.15) is 22.0 Å². The summed E-state index contributed by atoms with van der Waals surface area (Å²) in [6, 6.07) is 0. The van der Waals surface area contributed by atoms with Gasteiger partial charge in [0.2, 0.25) is 0 Å². The SMILES string of the molecule is C=C(C)C(=O)OC(OCC(F)(F)S(=O)(=O)[O-])(C(=O)NCC(C)=O)C(F)(F)F. The second-order valence-electron chi connectivity index (χ2n) is 5.05. The molecule has 0 aliphatic heterocycles. The molecule has 0 radical (unpaired) electrons. The summed E-state index contributed by atoms with van der Waals surface area (Å²) < 4.78 is 105. The Balaban J connectivity index is 6.14. The van der Waals surface area contributed by atoms with Crippen LogP contribution in [0.4, 0.5) is 22.0 Å².